The van der Waals surface area contributed by atoms with E-state index in [1.807, 2.05) is 54.6 Å². The maximum Gasteiger partial charge on any atom is 0.183 e. The quantitative estimate of drug-likeness (QED) is 0.800. The predicted octanol–water partition coefficient (Wildman–Crippen LogP) is 4.50. The first-order chi connectivity index (χ1) is 10.3. The Labute approximate surface area is 133 Å². The molecule has 4 heteroatoms. The van der Waals surface area contributed by atoms with Crippen molar-refractivity contribution in [2.45, 2.75) is 19.3 Å². The van der Waals surface area contributed by atoms with Crippen molar-refractivity contribution in [3.63, 3.8) is 0 Å². The molecule has 2 aromatic rings. The molecular formula is C17H18BrO3. The number of hydrogen-bond acceptors (Lipinski definition) is 2. The Kier molecular flexibility index (Phi) is 6.89. The summed E-state index contributed by atoms with van der Waals surface area (Å²) in [7, 11) is 0. The van der Waals surface area contributed by atoms with Crippen LogP contribution in [0.1, 0.15) is 23.8 Å². The summed E-state index contributed by atoms with van der Waals surface area (Å²) in [5.41, 5.74) is 1.94. The lowest BCUT2D eigenvalue weighted by Gasteiger charge is -2.23. The summed E-state index contributed by atoms with van der Waals surface area (Å²) in [6.07, 6.45) is 0.864. The smallest absolute Gasteiger partial charge is 0.183 e. The molecule has 1 heterocycles. The second-order valence-corrected chi connectivity index (χ2v) is 5.52. The van der Waals surface area contributed by atoms with Crippen LogP contribution in [0.15, 0.2) is 59.1 Å². The zero-order chi connectivity index (χ0) is 14.9. The number of rotatable bonds is 2. The first-order valence-corrected chi connectivity index (χ1v) is 7.69. The first kappa shape index (κ1) is 16.2. The standard InChI is InChI=1S/C10H12O2.C7H6BrO/c1-2-5-9(6-3-1)10-11-7-4-8-12-10;8-7-3-1-6(5-9)2-4-7/h1-3,5-6,10H,4,7-8H2;1-4H,5H2. The predicted molar refractivity (Wildman–Crippen MR) is 84.2 cm³/mol. The molecule has 0 amide bonds. The van der Waals surface area contributed by atoms with Crippen LogP contribution in [0.3, 0.4) is 0 Å². The van der Waals surface area contributed by atoms with E-state index in [2.05, 4.69) is 15.9 Å². The van der Waals surface area contributed by atoms with Crippen molar-refractivity contribution in [2.24, 2.45) is 0 Å². The Hall–Kier alpha value is -1.20. The molecule has 3 nitrogen and oxygen atoms in total. The van der Waals surface area contributed by atoms with Gasteiger partial charge in [0.2, 0.25) is 0 Å². The van der Waals surface area contributed by atoms with Crippen LogP contribution >= 0.6 is 15.9 Å². The summed E-state index contributed by atoms with van der Waals surface area (Å²) in [6.45, 7) is 1.48. The molecule has 0 saturated carbocycles. The third kappa shape index (κ3) is 5.59. The lowest BCUT2D eigenvalue weighted by Crippen LogP contribution is -2.17. The molecule has 0 aliphatic carbocycles. The largest absolute Gasteiger partial charge is 0.348 e. The Bertz CT molecular complexity index is 507. The van der Waals surface area contributed by atoms with E-state index in [0.717, 1.165) is 35.2 Å². The summed E-state index contributed by atoms with van der Waals surface area (Å²) >= 11 is 3.27. The van der Waals surface area contributed by atoms with Gasteiger partial charge in [-0.2, -0.15) is 0 Å². The molecule has 0 atom stereocenters. The van der Waals surface area contributed by atoms with Crippen LogP contribution in [-0.4, -0.2) is 13.2 Å². The van der Waals surface area contributed by atoms with Gasteiger partial charge in [0.1, 0.15) is 6.61 Å². The number of benzene rings is 2. The van der Waals surface area contributed by atoms with Gasteiger partial charge in [0, 0.05) is 10.0 Å². The van der Waals surface area contributed by atoms with Crippen LogP contribution in [0.4, 0.5) is 0 Å². The molecular weight excluding hydrogens is 332 g/mol. The van der Waals surface area contributed by atoms with Crippen molar-refractivity contribution < 1.29 is 14.6 Å². The van der Waals surface area contributed by atoms with E-state index >= 15 is 0 Å². The van der Waals surface area contributed by atoms with Crippen molar-refractivity contribution in [1.29, 1.82) is 0 Å². The third-order valence-corrected chi connectivity index (χ3v) is 3.51. The van der Waals surface area contributed by atoms with Gasteiger partial charge in [-0.1, -0.05) is 58.4 Å². The van der Waals surface area contributed by atoms with E-state index in [-0.39, 0.29) is 12.9 Å². The highest BCUT2D eigenvalue weighted by molar-refractivity contribution is 9.10. The molecule has 3 rings (SSSR count). The van der Waals surface area contributed by atoms with E-state index in [1.54, 1.807) is 0 Å². The van der Waals surface area contributed by atoms with E-state index in [1.165, 1.54) is 0 Å². The molecule has 1 saturated heterocycles. The second-order valence-electron chi connectivity index (χ2n) is 4.61. The lowest BCUT2D eigenvalue weighted by molar-refractivity contribution is -0.183. The average Bonchev–Trinajstić information content (AvgIpc) is 2.58. The fourth-order valence-electron chi connectivity index (χ4n) is 1.87. The van der Waals surface area contributed by atoms with Gasteiger partial charge < -0.3 is 9.47 Å². The maximum atomic E-state index is 10.2. The summed E-state index contributed by atoms with van der Waals surface area (Å²) in [5.74, 6) is 0. The van der Waals surface area contributed by atoms with Gasteiger partial charge in [0.05, 0.1) is 13.2 Å². The summed E-state index contributed by atoms with van der Waals surface area (Å²) in [5, 5.41) is 10.2. The molecule has 21 heavy (non-hydrogen) atoms. The Morgan fingerprint density at radius 3 is 2.14 bits per heavy atom. The van der Waals surface area contributed by atoms with E-state index in [0.29, 0.717) is 0 Å². The highest BCUT2D eigenvalue weighted by atomic mass is 79.9. The van der Waals surface area contributed by atoms with Crippen LogP contribution in [0.25, 0.3) is 0 Å². The highest BCUT2D eigenvalue weighted by Crippen LogP contribution is 2.21. The van der Waals surface area contributed by atoms with E-state index < -0.39 is 0 Å². The van der Waals surface area contributed by atoms with Crippen molar-refractivity contribution in [3.8, 4) is 0 Å². The minimum atomic E-state index is -0.139. The molecule has 0 N–H and O–H groups in total. The van der Waals surface area contributed by atoms with Gasteiger partial charge in [0.15, 0.2) is 6.29 Å². The summed E-state index contributed by atoms with van der Waals surface area (Å²) in [4.78, 5) is 0. The zero-order valence-electron chi connectivity index (χ0n) is 11.7. The second kappa shape index (κ2) is 8.95. The Balaban J connectivity index is 0.000000161. The van der Waals surface area contributed by atoms with E-state index in [9.17, 15) is 5.11 Å². The van der Waals surface area contributed by atoms with Crippen LogP contribution in [-0.2, 0) is 21.2 Å². The highest BCUT2D eigenvalue weighted by Gasteiger charge is 2.15. The molecule has 0 unspecified atom stereocenters. The summed E-state index contributed by atoms with van der Waals surface area (Å²) in [6, 6.07) is 17.4. The normalized spacial score (nSPS) is 15.1. The molecule has 0 spiro atoms. The molecule has 1 aliphatic heterocycles. The lowest BCUT2D eigenvalue weighted by atomic mass is 10.2. The van der Waals surface area contributed by atoms with Crippen molar-refractivity contribution >= 4 is 15.9 Å². The number of ether oxygens (including phenoxy) is 2. The maximum absolute atomic E-state index is 10.2. The van der Waals surface area contributed by atoms with Crippen LogP contribution < -0.4 is 0 Å². The van der Waals surface area contributed by atoms with Crippen molar-refractivity contribution in [1.82, 2.24) is 0 Å². The average molecular weight is 350 g/mol. The molecule has 1 radical (unpaired) electrons. The zero-order valence-corrected chi connectivity index (χ0v) is 13.3. The molecule has 0 aromatic heterocycles. The topological polar surface area (TPSA) is 38.4 Å². The Morgan fingerprint density at radius 2 is 1.57 bits per heavy atom. The van der Waals surface area contributed by atoms with Gasteiger partial charge in [-0.05, 0) is 24.1 Å². The minimum Gasteiger partial charge on any atom is -0.348 e. The summed E-state index contributed by atoms with van der Waals surface area (Å²) < 4.78 is 11.9. The van der Waals surface area contributed by atoms with Gasteiger partial charge in [-0.3, -0.25) is 0 Å². The Morgan fingerprint density at radius 1 is 0.952 bits per heavy atom. The molecule has 2 aromatic carbocycles. The van der Waals surface area contributed by atoms with Gasteiger partial charge in [0.25, 0.3) is 0 Å². The SMILES string of the molecule is [O]Cc1ccc(Br)cc1.c1ccc(C2OCCCO2)cc1. The molecule has 0 bridgehead atoms. The van der Waals surface area contributed by atoms with Crippen LogP contribution in [0.2, 0.25) is 0 Å². The monoisotopic (exact) mass is 349 g/mol. The third-order valence-electron chi connectivity index (χ3n) is 2.98. The fraction of sp³-hybridized carbons (Fsp3) is 0.294. The number of hydrogen-bond donors (Lipinski definition) is 0. The van der Waals surface area contributed by atoms with Gasteiger partial charge >= 0.3 is 0 Å². The first-order valence-electron chi connectivity index (χ1n) is 6.90. The van der Waals surface area contributed by atoms with Gasteiger partial charge in [-0.15, -0.1) is 0 Å². The van der Waals surface area contributed by atoms with E-state index in [4.69, 9.17) is 9.47 Å². The van der Waals surface area contributed by atoms with Crippen molar-refractivity contribution in [2.75, 3.05) is 13.2 Å². The van der Waals surface area contributed by atoms with Crippen LogP contribution in [0, 0.1) is 0 Å². The minimum absolute atomic E-state index is 0.132. The number of halogens is 1. The fourth-order valence-corrected chi connectivity index (χ4v) is 2.14. The van der Waals surface area contributed by atoms with Crippen LogP contribution in [0.5, 0.6) is 0 Å². The molecule has 1 aliphatic rings. The molecule has 111 valence electrons. The molecule has 1 fully saturated rings. The van der Waals surface area contributed by atoms with Gasteiger partial charge in [-0.25, -0.2) is 5.11 Å². The van der Waals surface area contributed by atoms with Crippen molar-refractivity contribution in [3.05, 3.63) is 70.2 Å².